The van der Waals surface area contributed by atoms with E-state index in [9.17, 15) is 0 Å². The van der Waals surface area contributed by atoms with E-state index < -0.39 is 0 Å². The zero-order chi connectivity index (χ0) is 15.9. The van der Waals surface area contributed by atoms with E-state index in [1.165, 1.54) is 11.1 Å². The lowest BCUT2D eigenvalue weighted by Gasteiger charge is -2.35. The van der Waals surface area contributed by atoms with Crippen LogP contribution in [-0.2, 0) is 4.74 Å². The summed E-state index contributed by atoms with van der Waals surface area (Å²) in [6.45, 7) is 10.1. The predicted molar refractivity (Wildman–Crippen MR) is 92.3 cm³/mol. The molecule has 0 saturated carbocycles. The van der Waals surface area contributed by atoms with Gasteiger partial charge in [0.25, 0.3) is 0 Å². The molecule has 4 heteroatoms. The van der Waals surface area contributed by atoms with Crippen LogP contribution in [0, 0.1) is 12.8 Å². The van der Waals surface area contributed by atoms with Gasteiger partial charge in [0, 0.05) is 20.1 Å². The molecule has 1 N–H and O–H groups in total. The normalized spacial score (nSPS) is 19.6. The number of nitrogens with zero attached hydrogens (tertiary/aromatic N) is 2. The summed E-state index contributed by atoms with van der Waals surface area (Å²) in [5, 5.41) is 3.48. The Morgan fingerprint density at radius 2 is 2.18 bits per heavy atom. The summed E-state index contributed by atoms with van der Waals surface area (Å²) in [4.78, 5) is 6.74. The van der Waals surface area contributed by atoms with E-state index in [1.54, 1.807) is 0 Å². The third kappa shape index (κ3) is 4.47. The second-order valence-electron chi connectivity index (χ2n) is 6.32. The van der Waals surface area contributed by atoms with Crippen LogP contribution in [0.4, 0.5) is 0 Å². The van der Waals surface area contributed by atoms with Crippen molar-refractivity contribution in [2.45, 2.75) is 33.3 Å². The molecule has 1 atom stereocenters. The molecule has 122 valence electrons. The first-order chi connectivity index (χ1) is 10.6. The number of hydrogen-bond acceptors (Lipinski definition) is 2. The van der Waals surface area contributed by atoms with Crippen LogP contribution >= 0.6 is 0 Å². The van der Waals surface area contributed by atoms with Gasteiger partial charge >= 0.3 is 0 Å². The molecule has 0 aliphatic carbocycles. The van der Waals surface area contributed by atoms with Crippen molar-refractivity contribution in [3.63, 3.8) is 0 Å². The van der Waals surface area contributed by atoms with E-state index in [0.29, 0.717) is 5.92 Å². The van der Waals surface area contributed by atoms with Gasteiger partial charge in [-0.1, -0.05) is 38.1 Å². The van der Waals surface area contributed by atoms with E-state index in [2.05, 4.69) is 60.2 Å². The topological polar surface area (TPSA) is 36.9 Å². The molecule has 1 heterocycles. The molecule has 0 amide bonds. The minimum atomic E-state index is 0.124. The molecular weight excluding hydrogens is 274 g/mol. The van der Waals surface area contributed by atoms with E-state index in [-0.39, 0.29) is 6.10 Å². The summed E-state index contributed by atoms with van der Waals surface area (Å²) >= 11 is 0. The molecule has 0 spiro atoms. The lowest BCUT2D eigenvalue weighted by Crippen LogP contribution is -2.48. The minimum absolute atomic E-state index is 0.124. The zero-order valence-electron chi connectivity index (χ0n) is 14.3. The highest BCUT2D eigenvalue weighted by molar-refractivity contribution is 5.80. The molecule has 22 heavy (non-hydrogen) atoms. The Bertz CT molecular complexity index is 499. The van der Waals surface area contributed by atoms with E-state index >= 15 is 0 Å². The molecule has 0 aromatic heterocycles. The van der Waals surface area contributed by atoms with Crippen molar-refractivity contribution in [3.05, 3.63) is 35.4 Å². The molecule has 0 bridgehead atoms. The summed E-state index contributed by atoms with van der Waals surface area (Å²) in [6.07, 6.45) is 1.28. The summed E-state index contributed by atoms with van der Waals surface area (Å²) < 4.78 is 5.99. The summed E-state index contributed by atoms with van der Waals surface area (Å²) in [5.41, 5.74) is 2.57. The van der Waals surface area contributed by atoms with Gasteiger partial charge in [0.05, 0.1) is 13.2 Å². The van der Waals surface area contributed by atoms with Gasteiger partial charge in [-0.25, -0.2) is 0 Å². The Labute approximate surface area is 134 Å². The molecular formula is C18H29N3O. The van der Waals surface area contributed by atoms with Crippen LogP contribution in [0.3, 0.4) is 0 Å². The average Bonchev–Trinajstić information content (AvgIpc) is 2.52. The first-order valence-electron chi connectivity index (χ1n) is 8.24. The number of morpholine rings is 1. The van der Waals surface area contributed by atoms with Crippen molar-refractivity contribution in [1.29, 1.82) is 0 Å². The number of aliphatic imine (C=N–C) groups is 1. The monoisotopic (exact) mass is 303 g/mol. The van der Waals surface area contributed by atoms with Gasteiger partial charge in [-0.2, -0.15) is 0 Å². The Morgan fingerprint density at radius 3 is 2.86 bits per heavy atom. The minimum Gasteiger partial charge on any atom is -0.370 e. The molecule has 1 saturated heterocycles. The Balaban J connectivity index is 1.98. The molecule has 2 rings (SSSR count). The number of rotatable bonds is 4. The van der Waals surface area contributed by atoms with Crippen LogP contribution in [0.1, 0.15) is 37.5 Å². The lowest BCUT2D eigenvalue weighted by atomic mass is 10.0. The van der Waals surface area contributed by atoms with Gasteiger partial charge in [0.1, 0.15) is 6.10 Å². The SMILES string of the molecule is CN=C(NCCC(C)C)N1CCOC(c2ccccc2C)C1. The molecule has 1 aromatic carbocycles. The maximum absolute atomic E-state index is 5.99. The first kappa shape index (κ1) is 16.8. The van der Waals surface area contributed by atoms with Crippen molar-refractivity contribution in [2.24, 2.45) is 10.9 Å². The van der Waals surface area contributed by atoms with Crippen molar-refractivity contribution < 1.29 is 4.74 Å². The van der Waals surface area contributed by atoms with Crippen molar-refractivity contribution in [3.8, 4) is 0 Å². The van der Waals surface area contributed by atoms with Gasteiger partial charge in [-0.05, 0) is 30.4 Å². The molecule has 1 aromatic rings. The highest BCUT2D eigenvalue weighted by Crippen LogP contribution is 2.24. The Kier molecular flexibility index (Phi) is 6.25. The Morgan fingerprint density at radius 1 is 1.41 bits per heavy atom. The van der Waals surface area contributed by atoms with Crippen molar-refractivity contribution in [2.75, 3.05) is 33.3 Å². The average molecular weight is 303 g/mol. The number of ether oxygens (including phenoxy) is 1. The summed E-state index contributed by atoms with van der Waals surface area (Å²) in [7, 11) is 1.86. The van der Waals surface area contributed by atoms with Crippen molar-refractivity contribution >= 4 is 5.96 Å². The lowest BCUT2D eigenvalue weighted by molar-refractivity contribution is -0.00831. The van der Waals surface area contributed by atoms with Gasteiger partial charge in [0.15, 0.2) is 5.96 Å². The highest BCUT2D eigenvalue weighted by Gasteiger charge is 2.24. The van der Waals surface area contributed by atoms with E-state index in [4.69, 9.17) is 4.74 Å². The molecule has 1 aliphatic heterocycles. The van der Waals surface area contributed by atoms with Crippen LogP contribution in [0.5, 0.6) is 0 Å². The Hall–Kier alpha value is -1.55. The van der Waals surface area contributed by atoms with Crippen LogP contribution in [0.25, 0.3) is 0 Å². The zero-order valence-corrected chi connectivity index (χ0v) is 14.3. The number of benzene rings is 1. The molecule has 1 fully saturated rings. The second kappa shape index (κ2) is 8.18. The quantitative estimate of drug-likeness (QED) is 0.686. The van der Waals surface area contributed by atoms with Crippen LogP contribution < -0.4 is 5.32 Å². The second-order valence-corrected chi connectivity index (χ2v) is 6.32. The summed E-state index contributed by atoms with van der Waals surface area (Å²) in [5.74, 6) is 1.69. The largest absolute Gasteiger partial charge is 0.370 e. The van der Waals surface area contributed by atoms with Crippen LogP contribution in [-0.4, -0.2) is 44.1 Å². The highest BCUT2D eigenvalue weighted by atomic mass is 16.5. The maximum Gasteiger partial charge on any atom is 0.193 e. The number of nitrogens with one attached hydrogen (secondary N) is 1. The fourth-order valence-corrected chi connectivity index (χ4v) is 2.78. The summed E-state index contributed by atoms with van der Waals surface area (Å²) in [6, 6.07) is 8.47. The van der Waals surface area contributed by atoms with Gasteiger partial charge in [-0.15, -0.1) is 0 Å². The van der Waals surface area contributed by atoms with Gasteiger partial charge < -0.3 is 15.0 Å². The molecule has 4 nitrogen and oxygen atoms in total. The van der Waals surface area contributed by atoms with Gasteiger partial charge in [0.2, 0.25) is 0 Å². The molecule has 1 unspecified atom stereocenters. The first-order valence-corrected chi connectivity index (χ1v) is 8.24. The van der Waals surface area contributed by atoms with Gasteiger partial charge in [-0.3, -0.25) is 4.99 Å². The third-order valence-corrected chi connectivity index (χ3v) is 4.12. The maximum atomic E-state index is 5.99. The van der Waals surface area contributed by atoms with E-state index in [0.717, 1.165) is 38.6 Å². The van der Waals surface area contributed by atoms with Crippen LogP contribution in [0.15, 0.2) is 29.3 Å². The fourth-order valence-electron chi connectivity index (χ4n) is 2.78. The number of hydrogen-bond donors (Lipinski definition) is 1. The number of guanidine groups is 1. The smallest absolute Gasteiger partial charge is 0.193 e. The predicted octanol–water partition coefficient (Wildman–Crippen LogP) is 2.99. The van der Waals surface area contributed by atoms with Crippen LogP contribution in [0.2, 0.25) is 0 Å². The van der Waals surface area contributed by atoms with Crippen molar-refractivity contribution in [1.82, 2.24) is 10.2 Å². The molecule has 0 radical (unpaired) electrons. The van der Waals surface area contributed by atoms with E-state index in [1.807, 2.05) is 7.05 Å². The standard InChI is InChI=1S/C18H29N3O/c1-14(2)9-10-20-18(19-4)21-11-12-22-17(13-21)16-8-6-5-7-15(16)3/h5-8,14,17H,9-13H2,1-4H3,(H,19,20). The number of aryl methyl sites for hydroxylation is 1. The fraction of sp³-hybridized carbons (Fsp3) is 0.611. The third-order valence-electron chi connectivity index (χ3n) is 4.12. The molecule has 1 aliphatic rings.